The highest BCUT2D eigenvalue weighted by Crippen LogP contribution is 2.39. The lowest BCUT2D eigenvalue weighted by Crippen LogP contribution is -2.39. The second kappa shape index (κ2) is 6.79. The van der Waals surface area contributed by atoms with Gasteiger partial charge < -0.3 is 10.0 Å². The predicted octanol–water partition coefficient (Wildman–Crippen LogP) is 4.19. The number of carboxylic acid groups (broad SMARTS) is 1. The molecular formula is C18H25NO2. The summed E-state index contributed by atoms with van der Waals surface area (Å²) < 4.78 is 0. The molecule has 1 aliphatic rings. The molecule has 1 aromatic rings. The number of hydrogen-bond donors (Lipinski definition) is 1. The second-order valence-corrected chi connectivity index (χ2v) is 5.92. The van der Waals surface area contributed by atoms with Crippen molar-refractivity contribution < 1.29 is 9.90 Å². The number of nitrogens with zero attached hydrogens (tertiary/aromatic N) is 1. The highest BCUT2D eigenvalue weighted by Gasteiger charge is 2.31. The molecule has 0 saturated carbocycles. The summed E-state index contributed by atoms with van der Waals surface area (Å²) in [5.74, 6) is -0.903. The zero-order chi connectivity index (χ0) is 15.3. The SMILES string of the molecule is CCC1(CC)CCN(c2ccccc2C=CC(=O)O)CC1. The fourth-order valence-electron chi connectivity index (χ4n) is 3.26. The third-order valence-electron chi connectivity index (χ3n) is 5.01. The molecule has 0 bridgehead atoms. The lowest BCUT2D eigenvalue weighted by atomic mass is 9.74. The van der Waals surface area contributed by atoms with Gasteiger partial charge in [-0.15, -0.1) is 0 Å². The van der Waals surface area contributed by atoms with Gasteiger partial charge in [0.05, 0.1) is 0 Å². The van der Waals surface area contributed by atoms with Crippen LogP contribution in [-0.2, 0) is 4.79 Å². The van der Waals surface area contributed by atoms with E-state index in [1.165, 1.54) is 31.8 Å². The van der Waals surface area contributed by atoms with E-state index >= 15 is 0 Å². The summed E-state index contributed by atoms with van der Waals surface area (Å²) in [6.07, 6.45) is 7.84. The van der Waals surface area contributed by atoms with Crippen LogP contribution in [0.3, 0.4) is 0 Å². The number of benzene rings is 1. The van der Waals surface area contributed by atoms with Crippen molar-refractivity contribution in [3.05, 3.63) is 35.9 Å². The molecular weight excluding hydrogens is 262 g/mol. The van der Waals surface area contributed by atoms with Crippen molar-refractivity contribution in [1.82, 2.24) is 0 Å². The number of carboxylic acids is 1. The van der Waals surface area contributed by atoms with Gasteiger partial charge in [-0.3, -0.25) is 0 Å². The first-order chi connectivity index (χ1) is 10.1. The predicted molar refractivity (Wildman–Crippen MR) is 87.6 cm³/mol. The van der Waals surface area contributed by atoms with Crippen molar-refractivity contribution in [3.63, 3.8) is 0 Å². The first-order valence-electron chi connectivity index (χ1n) is 7.85. The van der Waals surface area contributed by atoms with Crippen LogP contribution in [0.4, 0.5) is 5.69 Å². The minimum atomic E-state index is -0.903. The first-order valence-corrected chi connectivity index (χ1v) is 7.85. The fraction of sp³-hybridized carbons (Fsp3) is 0.500. The van der Waals surface area contributed by atoms with E-state index in [1.807, 2.05) is 18.2 Å². The molecule has 0 aromatic heterocycles. The number of anilines is 1. The molecule has 0 amide bonds. The summed E-state index contributed by atoms with van der Waals surface area (Å²) in [4.78, 5) is 13.1. The molecule has 21 heavy (non-hydrogen) atoms. The largest absolute Gasteiger partial charge is 0.478 e. The average molecular weight is 287 g/mol. The average Bonchev–Trinajstić information content (AvgIpc) is 2.53. The molecule has 0 unspecified atom stereocenters. The quantitative estimate of drug-likeness (QED) is 0.825. The third kappa shape index (κ3) is 3.66. The van der Waals surface area contributed by atoms with Gasteiger partial charge in [0.25, 0.3) is 0 Å². The number of carbonyl (C=O) groups is 1. The Kier molecular flexibility index (Phi) is 5.05. The molecule has 1 saturated heterocycles. The van der Waals surface area contributed by atoms with Gasteiger partial charge in [-0.05, 0) is 36.0 Å². The molecule has 3 nitrogen and oxygen atoms in total. The lowest BCUT2D eigenvalue weighted by Gasteiger charge is -2.42. The summed E-state index contributed by atoms with van der Waals surface area (Å²) in [7, 11) is 0. The Morgan fingerprint density at radius 2 is 1.86 bits per heavy atom. The maximum absolute atomic E-state index is 10.7. The molecule has 3 heteroatoms. The molecule has 0 radical (unpaired) electrons. The van der Waals surface area contributed by atoms with Gasteiger partial charge in [0.15, 0.2) is 0 Å². The van der Waals surface area contributed by atoms with E-state index in [0.29, 0.717) is 5.41 Å². The summed E-state index contributed by atoms with van der Waals surface area (Å²) in [6, 6.07) is 8.05. The normalized spacial score (nSPS) is 18.1. The van der Waals surface area contributed by atoms with Gasteiger partial charge >= 0.3 is 5.97 Å². The number of piperidine rings is 1. The Balaban J connectivity index is 2.15. The summed E-state index contributed by atoms with van der Waals surface area (Å²) in [5, 5.41) is 8.81. The molecule has 0 aliphatic carbocycles. The Hall–Kier alpha value is -1.77. The highest BCUT2D eigenvalue weighted by atomic mass is 16.4. The maximum Gasteiger partial charge on any atom is 0.328 e. The van der Waals surface area contributed by atoms with Gasteiger partial charge in [0.1, 0.15) is 0 Å². The Bertz CT molecular complexity index is 508. The number of para-hydroxylation sites is 1. The number of aliphatic carboxylic acids is 1. The minimum absolute atomic E-state index is 0.502. The highest BCUT2D eigenvalue weighted by molar-refractivity contribution is 5.87. The van der Waals surface area contributed by atoms with Gasteiger partial charge in [-0.1, -0.05) is 44.9 Å². The van der Waals surface area contributed by atoms with Crippen molar-refractivity contribution in [2.45, 2.75) is 39.5 Å². The van der Waals surface area contributed by atoms with E-state index in [4.69, 9.17) is 5.11 Å². The van der Waals surface area contributed by atoms with Crippen molar-refractivity contribution in [3.8, 4) is 0 Å². The van der Waals surface area contributed by atoms with Crippen LogP contribution >= 0.6 is 0 Å². The molecule has 2 rings (SSSR count). The van der Waals surface area contributed by atoms with Crippen LogP contribution in [0.2, 0.25) is 0 Å². The fourth-order valence-corrected chi connectivity index (χ4v) is 3.26. The summed E-state index contributed by atoms with van der Waals surface area (Å²) in [6.45, 7) is 6.70. The van der Waals surface area contributed by atoms with Crippen LogP contribution in [0.5, 0.6) is 0 Å². The molecule has 1 aliphatic heterocycles. The van der Waals surface area contributed by atoms with Gasteiger partial charge in [0, 0.05) is 24.9 Å². The third-order valence-corrected chi connectivity index (χ3v) is 5.01. The molecule has 1 N–H and O–H groups in total. The standard InChI is InChI=1S/C18H25NO2/c1-3-18(4-2)11-13-19(14-12-18)16-8-6-5-7-15(16)9-10-17(20)21/h5-10H,3-4,11-14H2,1-2H3,(H,20,21). The van der Waals surface area contributed by atoms with Crippen molar-refractivity contribution in [1.29, 1.82) is 0 Å². The molecule has 114 valence electrons. The van der Waals surface area contributed by atoms with Crippen LogP contribution in [0.25, 0.3) is 6.08 Å². The minimum Gasteiger partial charge on any atom is -0.478 e. The zero-order valence-electron chi connectivity index (χ0n) is 13.0. The van der Waals surface area contributed by atoms with Crippen molar-refractivity contribution >= 4 is 17.7 Å². The van der Waals surface area contributed by atoms with Crippen LogP contribution in [0.1, 0.15) is 45.1 Å². The Labute approximate surface area is 127 Å². The second-order valence-electron chi connectivity index (χ2n) is 5.92. The Morgan fingerprint density at radius 1 is 1.24 bits per heavy atom. The van der Waals surface area contributed by atoms with Crippen LogP contribution in [0.15, 0.2) is 30.3 Å². The molecule has 1 heterocycles. The Morgan fingerprint density at radius 3 is 2.43 bits per heavy atom. The van der Waals surface area contributed by atoms with Gasteiger partial charge in [-0.25, -0.2) is 4.79 Å². The van der Waals surface area contributed by atoms with E-state index in [-0.39, 0.29) is 0 Å². The topological polar surface area (TPSA) is 40.5 Å². The zero-order valence-corrected chi connectivity index (χ0v) is 13.0. The van der Waals surface area contributed by atoms with E-state index in [9.17, 15) is 4.79 Å². The monoisotopic (exact) mass is 287 g/mol. The van der Waals surface area contributed by atoms with Crippen molar-refractivity contribution in [2.75, 3.05) is 18.0 Å². The van der Waals surface area contributed by atoms with Crippen LogP contribution in [-0.4, -0.2) is 24.2 Å². The summed E-state index contributed by atoms with van der Waals surface area (Å²) in [5.41, 5.74) is 2.64. The van der Waals surface area contributed by atoms with Crippen molar-refractivity contribution in [2.24, 2.45) is 5.41 Å². The smallest absolute Gasteiger partial charge is 0.328 e. The molecule has 1 aromatic carbocycles. The lowest BCUT2D eigenvalue weighted by molar-refractivity contribution is -0.131. The van der Waals surface area contributed by atoms with E-state index in [2.05, 4.69) is 24.8 Å². The van der Waals surface area contributed by atoms with E-state index in [1.54, 1.807) is 6.08 Å². The van der Waals surface area contributed by atoms with Gasteiger partial charge in [0.2, 0.25) is 0 Å². The maximum atomic E-state index is 10.7. The van der Waals surface area contributed by atoms with E-state index < -0.39 is 5.97 Å². The van der Waals surface area contributed by atoms with Crippen LogP contribution in [0, 0.1) is 5.41 Å². The van der Waals surface area contributed by atoms with Crippen LogP contribution < -0.4 is 4.90 Å². The van der Waals surface area contributed by atoms with Gasteiger partial charge in [-0.2, -0.15) is 0 Å². The molecule has 1 fully saturated rings. The number of rotatable bonds is 5. The summed E-state index contributed by atoms with van der Waals surface area (Å²) >= 11 is 0. The number of hydrogen-bond acceptors (Lipinski definition) is 2. The molecule has 0 spiro atoms. The first kappa shape index (κ1) is 15.6. The van der Waals surface area contributed by atoms with E-state index in [0.717, 1.165) is 24.3 Å². The molecule has 0 atom stereocenters.